The Bertz CT molecular complexity index is 802. The van der Waals surface area contributed by atoms with Crippen molar-refractivity contribution in [3.63, 3.8) is 0 Å². The number of fused-ring (bicyclic) bond motifs is 1. The SMILES string of the molecule is CC1(C)Cc2ccccc2C(/C(C(=O)N2CCCCC2)=C(\O)C(N)=O)=N1. The number of likely N-dealkylation sites (tertiary alicyclic amines) is 1. The maximum absolute atomic E-state index is 13.2. The molecule has 0 bridgehead atoms. The molecule has 0 aromatic heterocycles. The van der Waals surface area contributed by atoms with Crippen molar-refractivity contribution < 1.29 is 14.7 Å². The van der Waals surface area contributed by atoms with Crippen LogP contribution in [0.1, 0.15) is 44.2 Å². The van der Waals surface area contributed by atoms with Crippen LogP contribution >= 0.6 is 0 Å². The first-order chi connectivity index (χ1) is 12.3. The molecule has 1 saturated heterocycles. The predicted octanol–water partition coefficient (Wildman–Crippen LogP) is 2.12. The molecule has 2 aliphatic rings. The van der Waals surface area contributed by atoms with Crippen molar-refractivity contribution >= 4 is 17.5 Å². The summed E-state index contributed by atoms with van der Waals surface area (Å²) in [6.07, 6.45) is 3.60. The van der Waals surface area contributed by atoms with Gasteiger partial charge in [0.15, 0.2) is 5.76 Å². The van der Waals surface area contributed by atoms with Crippen LogP contribution in [0.4, 0.5) is 0 Å². The third-order valence-electron chi connectivity index (χ3n) is 4.87. The number of carbonyl (C=O) groups excluding carboxylic acids is 2. The lowest BCUT2D eigenvalue weighted by Gasteiger charge is -2.32. The number of nitrogens with two attached hydrogens (primary N) is 1. The quantitative estimate of drug-likeness (QED) is 0.642. The number of primary amides is 1. The van der Waals surface area contributed by atoms with E-state index in [0.29, 0.717) is 18.8 Å². The Balaban J connectivity index is 2.15. The normalized spacial score (nSPS) is 19.9. The van der Waals surface area contributed by atoms with Gasteiger partial charge in [-0.1, -0.05) is 24.3 Å². The minimum absolute atomic E-state index is 0.0837. The van der Waals surface area contributed by atoms with E-state index < -0.39 is 17.2 Å². The second kappa shape index (κ2) is 6.94. The van der Waals surface area contributed by atoms with E-state index in [1.54, 1.807) is 4.90 Å². The molecule has 1 aromatic rings. The second-order valence-corrected chi connectivity index (χ2v) is 7.55. The number of aliphatic imine (C=N–C) groups is 1. The molecule has 1 aromatic carbocycles. The van der Waals surface area contributed by atoms with Crippen molar-refractivity contribution in [2.24, 2.45) is 10.7 Å². The molecule has 0 radical (unpaired) electrons. The van der Waals surface area contributed by atoms with Gasteiger partial charge in [0.1, 0.15) is 5.57 Å². The first-order valence-electron chi connectivity index (χ1n) is 9.01. The van der Waals surface area contributed by atoms with Gasteiger partial charge >= 0.3 is 0 Å². The van der Waals surface area contributed by atoms with E-state index in [-0.39, 0.29) is 11.5 Å². The van der Waals surface area contributed by atoms with Gasteiger partial charge in [-0.05, 0) is 45.1 Å². The molecule has 6 heteroatoms. The number of hydrogen-bond acceptors (Lipinski definition) is 4. The number of amides is 2. The van der Waals surface area contributed by atoms with E-state index in [1.807, 2.05) is 38.1 Å². The molecule has 138 valence electrons. The number of carbonyl (C=O) groups is 2. The summed E-state index contributed by atoms with van der Waals surface area (Å²) in [5, 5.41) is 10.4. The maximum Gasteiger partial charge on any atom is 0.284 e. The van der Waals surface area contributed by atoms with Crippen LogP contribution in [0.15, 0.2) is 40.6 Å². The zero-order valence-corrected chi connectivity index (χ0v) is 15.3. The number of aliphatic hydroxyl groups is 1. The van der Waals surface area contributed by atoms with Crippen molar-refractivity contribution in [2.75, 3.05) is 13.1 Å². The van der Waals surface area contributed by atoms with Gasteiger partial charge in [0.05, 0.1) is 11.3 Å². The minimum Gasteiger partial charge on any atom is -0.502 e. The molecule has 26 heavy (non-hydrogen) atoms. The van der Waals surface area contributed by atoms with Crippen molar-refractivity contribution in [1.82, 2.24) is 4.90 Å². The Morgan fingerprint density at radius 3 is 2.46 bits per heavy atom. The van der Waals surface area contributed by atoms with Gasteiger partial charge in [-0.3, -0.25) is 14.6 Å². The van der Waals surface area contributed by atoms with Crippen molar-refractivity contribution in [1.29, 1.82) is 0 Å². The Labute approximate surface area is 153 Å². The molecule has 3 rings (SSSR count). The molecule has 2 aliphatic heterocycles. The third kappa shape index (κ3) is 3.49. The molecule has 3 N–H and O–H groups in total. The molecule has 0 unspecified atom stereocenters. The van der Waals surface area contributed by atoms with Crippen molar-refractivity contribution in [2.45, 2.75) is 45.1 Å². The van der Waals surface area contributed by atoms with Crippen LogP contribution in [0.3, 0.4) is 0 Å². The predicted molar refractivity (Wildman–Crippen MR) is 100 cm³/mol. The number of aliphatic hydroxyl groups excluding tert-OH is 1. The molecule has 1 fully saturated rings. The van der Waals surface area contributed by atoms with Gasteiger partial charge in [-0.25, -0.2) is 0 Å². The van der Waals surface area contributed by atoms with E-state index in [9.17, 15) is 14.7 Å². The molecule has 2 heterocycles. The molecular formula is C20H25N3O3. The average molecular weight is 355 g/mol. The molecule has 0 spiro atoms. The number of nitrogens with zero attached hydrogens (tertiary/aromatic N) is 2. The zero-order valence-electron chi connectivity index (χ0n) is 15.3. The first kappa shape index (κ1) is 18.2. The van der Waals surface area contributed by atoms with E-state index in [4.69, 9.17) is 10.7 Å². The van der Waals surface area contributed by atoms with Crippen LogP contribution in [0, 0.1) is 0 Å². The van der Waals surface area contributed by atoms with Crippen LogP contribution in [0.25, 0.3) is 0 Å². The van der Waals surface area contributed by atoms with Gasteiger partial charge < -0.3 is 15.7 Å². The van der Waals surface area contributed by atoms with Crippen molar-refractivity contribution in [3.05, 3.63) is 46.7 Å². The Kier molecular flexibility index (Phi) is 4.85. The average Bonchev–Trinajstić information content (AvgIpc) is 2.61. The lowest BCUT2D eigenvalue weighted by Crippen LogP contribution is -2.41. The second-order valence-electron chi connectivity index (χ2n) is 7.55. The van der Waals surface area contributed by atoms with Crippen molar-refractivity contribution in [3.8, 4) is 0 Å². The minimum atomic E-state index is -1.02. The van der Waals surface area contributed by atoms with E-state index in [2.05, 4.69) is 0 Å². The van der Waals surface area contributed by atoms with Crippen LogP contribution in [0.2, 0.25) is 0 Å². The standard InChI is InChI=1S/C20H25N3O3/c1-20(2)12-13-8-4-5-9-14(13)16(22-20)15(17(24)18(21)25)19(26)23-10-6-3-7-11-23/h4-5,8-9,24H,3,6-7,10-12H2,1-2H3,(H2,21,25)/b17-15+. The number of benzene rings is 1. The van der Waals surface area contributed by atoms with Gasteiger partial charge in [-0.2, -0.15) is 0 Å². The molecule has 6 nitrogen and oxygen atoms in total. The fourth-order valence-electron chi connectivity index (χ4n) is 3.66. The molecule has 0 saturated carbocycles. The molecule has 2 amide bonds. The number of piperidine rings is 1. The highest BCUT2D eigenvalue weighted by molar-refractivity contribution is 6.31. The highest BCUT2D eigenvalue weighted by Gasteiger charge is 2.35. The summed E-state index contributed by atoms with van der Waals surface area (Å²) in [7, 11) is 0. The van der Waals surface area contributed by atoms with Gasteiger partial charge in [0, 0.05) is 18.7 Å². The first-order valence-corrected chi connectivity index (χ1v) is 9.01. The van der Waals surface area contributed by atoms with Crippen LogP contribution in [-0.4, -0.2) is 46.2 Å². The van der Waals surface area contributed by atoms with E-state index in [0.717, 1.165) is 36.8 Å². The highest BCUT2D eigenvalue weighted by Crippen LogP contribution is 2.31. The summed E-state index contributed by atoms with van der Waals surface area (Å²) in [6, 6.07) is 7.63. The van der Waals surface area contributed by atoms with Gasteiger partial charge in [0.2, 0.25) is 0 Å². The summed E-state index contributed by atoms with van der Waals surface area (Å²) < 4.78 is 0. The Morgan fingerprint density at radius 2 is 1.81 bits per heavy atom. The fraction of sp³-hybridized carbons (Fsp3) is 0.450. The topological polar surface area (TPSA) is 96.0 Å². The Hall–Kier alpha value is -2.63. The van der Waals surface area contributed by atoms with Crippen LogP contribution < -0.4 is 5.73 Å². The molecular weight excluding hydrogens is 330 g/mol. The summed E-state index contributed by atoms with van der Waals surface area (Å²) >= 11 is 0. The summed E-state index contributed by atoms with van der Waals surface area (Å²) in [4.78, 5) is 31.3. The smallest absolute Gasteiger partial charge is 0.284 e. The Morgan fingerprint density at radius 1 is 1.15 bits per heavy atom. The summed E-state index contributed by atoms with van der Waals surface area (Å²) in [5.74, 6) is -2.12. The zero-order chi connectivity index (χ0) is 18.9. The lowest BCUT2D eigenvalue weighted by atomic mass is 9.84. The van der Waals surface area contributed by atoms with Gasteiger partial charge in [0.25, 0.3) is 11.8 Å². The molecule has 0 aliphatic carbocycles. The molecule has 0 atom stereocenters. The van der Waals surface area contributed by atoms with Gasteiger partial charge in [-0.15, -0.1) is 0 Å². The summed E-state index contributed by atoms with van der Waals surface area (Å²) in [6.45, 7) is 5.14. The number of hydrogen-bond donors (Lipinski definition) is 2. The van der Waals surface area contributed by atoms with E-state index >= 15 is 0 Å². The number of rotatable bonds is 3. The van der Waals surface area contributed by atoms with Crippen LogP contribution in [0.5, 0.6) is 0 Å². The highest BCUT2D eigenvalue weighted by atomic mass is 16.3. The largest absolute Gasteiger partial charge is 0.502 e. The summed E-state index contributed by atoms with van der Waals surface area (Å²) in [5.41, 5.74) is 6.94. The third-order valence-corrected chi connectivity index (χ3v) is 4.87. The van der Waals surface area contributed by atoms with E-state index in [1.165, 1.54) is 0 Å². The lowest BCUT2D eigenvalue weighted by molar-refractivity contribution is -0.128. The monoisotopic (exact) mass is 355 g/mol. The fourth-order valence-corrected chi connectivity index (χ4v) is 3.66. The van der Waals surface area contributed by atoms with Crippen LogP contribution in [-0.2, 0) is 16.0 Å². The maximum atomic E-state index is 13.2.